The van der Waals surface area contributed by atoms with E-state index < -0.39 is 0 Å². The average Bonchev–Trinajstić information content (AvgIpc) is 3.19. The SMILES string of the molecule is Cc1cc(CN2Cc3ccnn3CC(OCc3ccccn3)C2)no1. The molecule has 0 N–H and O–H groups in total. The normalized spacial score (nSPS) is 18.0. The summed E-state index contributed by atoms with van der Waals surface area (Å²) in [6, 6.07) is 9.90. The van der Waals surface area contributed by atoms with Gasteiger partial charge in [-0.1, -0.05) is 11.2 Å². The zero-order chi connectivity index (χ0) is 17.1. The van der Waals surface area contributed by atoms with Crippen LogP contribution in [-0.2, 0) is 31.0 Å². The molecule has 1 atom stereocenters. The fourth-order valence-corrected chi connectivity index (χ4v) is 3.13. The number of hydrogen-bond acceptors (Lipinski definition) is 6. The first-order valence-electron chi connectivity index (χ1n) is 8.43. The van der Waals surface area contributed by atoms with Crippen LogP contribution in [0.3, 0.4) is 0 Å². The van der Waals surface area contributed by atoms with Gasteiger partial charge in [-0.3, -0.25) is 14.6 Å². The van der Waals surface area contributed by atoms with Crippen LogP contribution in [0.4, 0.5) is 0 Å². The molecule has 0 aliphatic carbocycles. The van der Waals surface area contributed by atoms with Gasteiger partial charge >= 0.3 is 0 Å². The van der Waals surface area contributed by atoms with Gasteiger partial charge in [0.1, 0.15) is 5.76 Å². The molecule has 25 heavy (non-hydrogen) atoms. The predicted molar refractivity (Wildman–Crippen MR) is 90.4 cm³/mol. The minimum Gasteiger partial charge on any atom is -0.369 e. The Morgan fingerprint density at radius 2 is 2.16 bits per heavy atom. The van der Waals surface area contributed by atoms with E-state index in [1.807, 2.05) is 42.1 Å². The van der Waals surface area contributed by atoms with Gasteiger partial charge in [-0.2, -0.15) is 5.10 Å². The van der Waals surface area contributed by atoms with Gasteiger partial charge < -0.3 is 9.26 Å². The Hall–Kier alpha value is -2.51. The Morgan fingerprint density at radius 3 is 2.96 bits per heavy atom. The number of fused-ring (bicyclic) bond motifs is 1. The quantitative estimate of drug-likeness (QED) is 0.710. The third kappa shape index (κ3) is 3.94. The molecule has 0 fully saturated rings. The van der Waals surface area contributed by atoms with E-state index in [1.165, 1.54) is 5.69 Å². The maximum Gasteiger partial charge on any atom is 0.133 e. The summed E-state index contributed by atoms with van der Waals surface area (Å²) in [7, 11) is 0. The van der Waals surface area contributed by atoms with E-state index in [0.717, 1.165) is 43.3 Å². The van der Waals surface area contributed by atoms with E-state index in [-0.39, 0.29) is 6.10 Å². The lowest BCUT2D eigenvalue weighted by Crippen LogP contribution is -2.32. The van der Waals surface area contributed by atoms with Gasteiger partial charge in [0.15, 0.2) is 0 Å². The van der Waals surface area contributed by atoms with Crippen molar-refractivity contribution in [3.05, 3.63) is 65.6 Å². The second-order valence-electron chi connectivity index (χ2n) is 6.36. The van der Waals surface area contributed by atoms with Crippen molar-refractivity contribution >= 4 is 0 Å². The molecule has 0 aromatic carbocycles. The van der Waals surface area contributed by atoms with Crippen LogP contribution in [0.1, 0.15) is 22.8 Å². The van der Waals surface area contributed by atoms with Crippen molar-refractivity contribution in [2.45, 2.75) is 39.3 Å². The lowest BCUT2D eigenvalue weighted by atomic mass is 10.3. The number of pyridine rings is 1. The van der Waals surface area contributed by atoms with Gasteiger partial charge in [0.2, 0.25) is 0 Å². The molecule has 7 heteroatoms. The van der Waals surface area contributed by atoms with Crippen LogP contribution >= 0.6 is 0 Å². The second-order valence-corrected chi connectivity index (χ2v) is 6.36. The van der Waals surface area contributed by atoms with E-state index in [2.05, 4.69) is 26.2 Å². The Kier molecular flexibility index (Phi) is 4.58. The molecule has 0 saturated heterocycles. The third-order valence-electron chi connectivity index (χ3n) is 4.28. The highest BCUT2D eigenvalue weighted by atomic mass is 16.5. The average molecular weight is 339 g/mol. The molecular formula is C18H21N5O2. The minimum atomic E-state index is 0.0381. The molecule has 1 unspecified atom stereocenters. The summed E-state index contributed by atoms with van der Waals surface area (Å²) in [5.41, 5.74) is 3.06. The molecule has 3 aromatic rings. The maximum absolute atomic E-state index is 6.14. The first kappa shape index (κ1) is 16.0. The third-order valence-corrected chi connectivity index (χ3v) is 4.28. The van der Waals surface area contributed by atoms with Crippen LogP contribution in [0, 0.1) is 6.92 Å². The molecule has 1 aliphatic heterocycles. The summed E-state index contributed by atoms with van der Waals surface area (Å²) in [6.45, 7) is 5.50. The van der Waals surface area contributed by atoms with Crippen molar-refractivity contribution in [1.29, 1.82) is 0 Å². The summed E-state index contributed by atoms with van der Waals surface area (Å²) >= 11 is 0. The van der Waals surface area contributed by atoms with Crippen molar-refractivity contribution < 1.29 is 9.26 Å². The van der Waals surface area contributed by atoms with Crippen LogP contribution in [0.15, 0.2) is 47.2 Å². The molecule has 0 amide bonds. The van der Waals surface area contributed by atoms with Crippen LogP contribution in [0.5, 0.6) is 0 Å². The van der Waals surface area contributed by atoms with Gasteiger partial charge in [-0.05, 0) is 25.1 Å². The zero-order valence-corrected chi connectivity index (χ0v) is 14.2. The van der Waals surface area contributed by atoms with Crippen molar-refractivity contribution in [3.8, 4) is 0 Å². The van der Waals surface area contributed by atoms with Crippen LogP contribution in [0.2, 0.25) is 0 Å². The van der Waals surface area contributed by atoms with Gasteiger partial charge in [-0.15, -0.1) is 0 Å². The highest BCUT2D eigenvalue weighted by Crippen LogP contribution is 2.17. The van der Waals surface area contributed by atoms with Crippen LogP contribution in [0.25, 0.3) is 0 Å². The Balaban J connectivity index is 1.47. The monoisotopic (exact) mass is 339 g/mol. The fraction of sp³-hybridized carbons (Fsp3) is 0.389. The highest BCUT2D eigenvalue weighted by molar-refractivity contribution is 5.07. The van der Waals surface area contributed by atoms with Crippen molar-refractivity contribution in [2.24, 2.45) is 0 Å². The summed E-state index contributed by atoms with van der Waals surface area (Å²) in [5.74, 6) is 0.831. The smallest absolute Gasteiger partial charge is 0.133 e. The lowest BCUT2D eigenvalue weighted by molar-refractivity contribution is 0.00544. The Morgan fingerprint density at radius 1 is 1.20 bits per heavy atom. The van der Waals surface area contributed by atoms with Gasteiger partial charge in [0, 0.05) is 38.1 Å². The molecule has 130 valence electrons. The van der Waals surface area contributed by atoms with E-state index in [9.17, 15) is 0 Å². The molecule has 0 radical (unpaired) electrons. The van der Waals surface area contributed by atoms with E-state index in [1.54, 1.807) is 6.20 Å². The number of ether oxygens (including phenoxy) is 1. The van der Waals surface area contributed by atoms with Gasteiger partial charge in [0.05, 0.1) is 36.3 Å². The standard InChI is InChI=1S/C18H21N5O2/c1-14-8-16(21-25-14)9-22-10-17-5-7-20-23(17)12-18(11-22)24-13-15-4-2-3-6-19-15/h2-8,18H,9-13H2,1H3. The molecule has 0 saturated carbocycles. The topological polar surface area (TPSA) is 69.2 Å². The largest absolute Gasteiger partial charge is 0.369 e. The summed E-state index contributed by atoms with van der Waals surface area (Å²) in [5, 5.41) is 8.54. The van der Waals surface area contributed by atoms with Gasteiger partial charge in [0.25, 0.3) is 0 Å². The van der Waals surface area contributed by atoms with Crippen molar-refractivity contribution in [3.63, 3.8) is 0 Å². The predicted octanol–water partition coefficient (Wildman–Crippen LogP) is 2.18. The molecule has 4 rings (SSSR count). The first-order valence-corrected chi connectivity index (χ1v) is 8.43. The van der Waals surface area contributed by atoms with E-state index in [0.29, 0.717) is 6.61 Å². The van der Waals surface area contributed by atoms with Crippen LogP contribution in [-0.4, -0.2) is 37.5 Å². The maximum atomic E-state index is 6.14. The van der Waals surface area contributed by atoms with Crippen molar-refractivity contribution in [1.82, 2.24) is 24.8 Å². The molecule has 0 spiro atoms. The molecule has 3 aromatic heterocycles. The summed E-state index contributed by atoms with van der Waals surface area (Å²) in [4.78, 5) is 6.65. The Labute approximate surface area is 146 Å². The summed E-state index contributed by atoms with van der Waals surface area (Å²) < 4.78 is 13.4. The molecule has 7 nitrogen and oxygen atoms in total. The minimum absolute atomic E-state index is 0.0381. The molecule has 0 bridgehead atoms. The molecule has 4 heterocycles. The highest BCUT2D eigenvalue weighted by Gasteiger charge is 2.23. The Bertz CT molecular complexity index is 814. The van der Waals surface area contributed by atoms with Gasteiger partial charge in [-0.25, -0.2) is 0 Å². The number of aryl methyl sites for hydroxylation is 1. The van der Waals surface area contributed by atoms with Crippen molar-refractivity contribution in [2.75, 3.05) is 6.54 Å². The molecule has 1 aliphatic rings. The second kappa shape index (κ2) is 7.16. The first-order chi connectivity index (χ1) is 12.3. The zero-order valence-electron chi connectivity index (χ0n) is 14.2. The van der Waals surface area contributed by atoms with E-state index in [4.69, 9.17) is 9.26 Å². The summed E-state index contributed by atoms with van der Waals surface area (Å²) in [6.07, 6.45) is 3.67. The number of aromatic nitrogens is 4. The number of nitrogens with zero attached hydrogens (tertiary/aromatic N) is 5. The lowest BCUT2D eigenvalue weighted by Gasteiger charge is -2.23. The number of rotatable bonds is 5. The number of hydrogen-bond donors (Lipinski definition) is 0. The van der Waals surface area contributed by atoms with Crippen LogP contribution < -0.4 is 0 Å². The molecular weight excluding hydrogens is 318 g/mol. The van der Waals surface area contributed by atoms with E-state index >= 15 is 0 Å². The fourth-order valence-electron chi connectivity index (χ4n) is 3.13.